The third-order valence-electron chi connectivity index (χ3n) is 3.39. The zero-order valence-electron chi connectivity index (χ0n) is 10.9. The molecule has 1 saturated heterocycles. The number of hydrogen-bond acceptors (Lipinski definition) is 3. The summed E-state index contributed by atoms with van der Waals surface area (Å²) in [7, 11) is 0. The van der Waals surface area contributed by atoms with E-state index in [1.165, 1.54) is 4.90 Å². The maximum atomic E-state index is 14.0. The van der Waals surface area contributed by atoms with Crippen molar-refractivity contribution in [1.29, 1.82) is 0 Å². The van der Waals surface area contributed by atoms with Gasteiger partial charge in [-0.1, -0.05) is 6.92 Å². The highest BCUT2D eigenvalue weighted by atomic mass is 19.1. The molecule has 0 aliphatic carbocycles. The minimum Gasteiger partial charge on any atom is -0.338 e. The summed E-state index contributed by atoms with van der Waals surface area (Å²) in [4.78, 5) is 23.2. The molecule has 0 N–H and O–H groups in total. The van der Waals surface area contributed by atoms with Crippen LogP contribution in [-0.4, -0.2) is 28.8 Å². The van der Waals surface area contributed by atoms with Crippen LogP contribution in [-0.2, 0) is 0 Å². The number of nitro benzene ring substituents is 1. The summed E-state index contributed by atoms with van der Waals surface area (Å²) in [5.41, 5.74) is -1.59. The Kier molecular flexibility index (Phi) is 3.96. The lowest BCUT2D eigenvalue weighted by Gasteiger charge is -2.31. The summed E-state index contributed by atoms with van der Waals surface area (Å²) < 4.78 is 27.3. The van der Waals surface area contributed by atoms with Gasteiger partial charge in [-0.15, -0.1) is 0 Å². The molecule has 0 saturated carbocycles. The monoisotopic (exact) mass is 284 g/mol. The summed E-state index contributed by atoms with van der Waals surface area (Å²) in [6.45, 7) is 2.86. The minimum atomic E-state index is -1.28. The lowest BCUT2D eigenvalue weighted by molar-refractivity contribution is -0.387. The van der Waals surface area contributed by atoms with E-state index in [1.807, 2.05) is 6.92 Å². The molecule has 5 nitrogen and oxygen atoms in total. The van der Waals surface area contributed by atoms with Gasteiger partial charge >= 0.3 is 5.69 Å². The molecule has 108 valence electrons. The molecule has 0 bridgehead atoms. The number of halogens is 2. The van der Waals surface area contributed by atoms with E-state index in [9.17, 15) is 23.7 Å². The van der Waals surface area contributed by atoms with Crippen LogP contribution in [0, 0.1) is 27.7 Å². The van der Waals surface area contributed by atoms with Gasteiger partial charge in [0.1, 0.15) is 5.82 Å². The smallest absolute Gasteiger partial charge is 0.308 e. The molecule has 2 rings (SSSR count). The van der Waals surface area contributed by atoms with E-state index in [0.717, 1.165) is 12.8 Å². The second-order valence-electron chi connectivity index (χ2n) is 5.04. The molecule has 1 aromatic carbocycles. The van der Waals surface area contributed by atoms with Gasteiger partial charge in [-0.3, -0.25) is 14.9 Å². The van der Waals surface area contributed by atoms with Gasteiger partial charge in [0.15, 0.2) is 0 Å². The molecule has 0 spiro atoms. The zero-order valence-corrected chi connectivity index (χ0v) is 10.9. The number of rotatable bonds is 2. The predicted octanol–water partition coefficient (Wildman–Crippen LogP) is 2.75. The van der Waals surface area contributed by atoms with Gasteiger partial charge in [0.25, 0.3) is 5.91 Å². The van der Waals surface area contributed by atoms with Crippen molar-refractivity contribution in [2.45, 2.75) is 19.8 Å². The van der Waals surface area contributed by atoms with Crippen molar-refractivity contribution in [3.05, 3.63) is 39.4 Å². The number of hydrogen-bond donors (Lipinski definition) is 0. The van der Waals surface area contributed by atoms with Gasteiger partial charge in [-0.25, -0.2) is 4.39 Å². The average molecular weight is 284 g/mol. The van der Waals surface area contributed by atoms with Crippen LogP contribution in [0.5, 0.6) is 0 Å². The molecular formula is C13H14F2N2O3. The molecule has 1 aliphatic rings. The normalized spacial score (nSPS) is 18.9. The maximum Gasteiger partial charge on any atom is 0.308 e. The van der Waals surface area contributed by atoms with Crippen molar-refractivity contribution >= 4 is 11.6 Å². The van der Waals surface area contributed by atoms with Gasteiger partial charge in [0.2, 0.25) is 5.82 Å². The number of piperidine rings is 1. The number of carbonyl (C=O) groups is 1. The SMILES string of the molecule is CC1CCCN(C(=O)c2cc(F)cc([N+](=O)[O-])c2F)C1. The fraction of sp³-hybridized carbons (Fsp3) is 0.462. The Morgan fingerprint density at radius 2 is 2.15 bits per heavy atom. The molecule has 1 aliphatic heterocycles. The van der Waals surface area contributed by atoms with E-state index in [-0.39, 0.29) is 5.92 Å². The van der Waals surface area contributed by atoms with Crippen LogP contribution in [0.4, 0.5) is 14.5 Å². The van der Waals surface area contributed by atoms with Crippen molar-refractivity contribution < 1.29 is 18.5 Å². The highest BCUT2D eigenvalue weighted by Crippen LogP contribution is 2.25. The summed E-state index contributed by atoms with van der Waals surface area (Å²) in [6.07, 6.45) is 1.75. The van der Waals surface area contributed by atoms with E-state index in [1.54, 1.807) is 0 Å². The van der Waals surface area contributed by atoms with Crippen LogP contribution in [0.1, 0.15) is 30.1 Å². The topological polar surface area (TPSA) is 63.5 Å². The molecule has 0 aromatic heterocycles. The largest absolute Gasteiger partial charge is 0.338 e. The molecule has 1 fully saturated rings. The van der Waals surface area contributed by atoms with Crippen LogP contribution in [0.3, 0.4) is 0 Å². The number of carbonyl (C=O) groups excluding carboxylic acids is 1. The number of benzene rings is 1. The van der Waals surface area contributed by atoms with Crippen molar-refractivity contribution in [3.8, 4) is 0 Å². The fourth-order valence-electron chi connectivity index (χ4n) is 2.41. The predicted molar refractivity (Wildman–Crippen MR) is 67.3 cm³/mol. The molecule has 0 radical (unpaired) electrons. The molecule has 1 amide bonds. The van der Waals surface area contributed by atoms with Gasteiger partial charge in [0, 0.05) is 13.1 Å². The molecule has 1 atom stereocenters. The van der Waals surface area contributed by atoms with Gasteiger partial charge in [-0.2, -0.15) is 4.39 Å². The first-order valence-corrected chi connectivity index (χ1v) is 6.33. The summed E-state index contributed by atoms with van der Waals surface area (Å²) in [5, 5.41) is 10.7. The van der Waals surface area contributed by atoms with Crippen LogP contribution in [0.25, 0.3) is 0 Å². The van der Waals surface area contributed by atoms with E-state index in [4.69, 9.17) is 0 Å². The molecule has 7 heteroatoms. The van der Waals surface area contributed by atoms with Crippen molar-refractivity contribution in [1.82, 2.24) is 4.90 Å². The number of likely N-dealkylation sites (tertiary alicyclic amines) is 1. The molecular weight excluding hydrogens is 270 g/mol. The summed E-state index contributed by atoms with van der Waals surface area (Å²) in [6, 6.07) is 1.19. The van der Waals surface area contributed by atoms with Crippen LogP contribution in [0.2, 0.25) is 0 Å². The first-order chi connectivity index (χ1) is 9.40. The molecule has 20 heavy (non-hydrogen) atoms. The second-order valence-corrected chi connectivity index (χ2v) is 5.04. The number of nitro groups is 1. The third-order valence-corrected chi connectivity index (χ3v) is 3.39. The highest BCUT2D eigenvalue weighted by Gasteiger charge is 2.29. The van der Waals surface area contributed by atoms with Gasteiger partial charge in [-0.05, 0) is 24.8 Å². The Morgan fingerprint density at radius 3 is 2.75 bits per heavy atom. The molecule has 1 aromatic rings. The van der Waals surface area contributed by atoms with Crippen molar-refractivity contribution in [2.24, 2.45) is 5.92 Å². The van der Waals surface area contributed by atoms with Crippen LogP contribution in [0.15, 0.2) is 12.1 Å². The number of nitrogens with zero attached hydrogens (tertiary/aromatic N) is 2. The summed E-state index contributed by atoms with van der Waals surface area (Å²) >= 11 is 0. The van der Waals surface area contributed by atoms with Crippen LogP contribution < -0.4 is 0 Å². The van der Waals surface area contributed by atoms with Crippen molar-refractivity contribution in [3.63, 3.8) is 0 Å². The van der Waals surface area contributed by atoms with E-state index < -0.39 is 33.7 Å². The first kappa shape index (κ1) is 14.4. The van der Waals surface area contributed by atoms with Crippen LogP contribution >= 0.6 is 0 Å². The second kappa shape index (κ2) is 5.52. The van der Waals surface area contributed by atoms with Gasteiger partial charge in [0.05, 0.1) is 16.6 Å². The van der Waals surface area contributed by atoms with Crippen molar-refractivity contribution in [2.75, 3.05) is 13.1 Å². The molecule has 1 heterocycles. The van der Waals surface area contributed by atoms with Gasteiger partial charge < -0.3 is 4.90 Å². The Morgan fingerprint density at radius 1 is 1.45 bits per heavy atom. The minimum absolute atomic E-state index is 0.277. The first-order valence-electron chi connectivity index (χ1n) is 6.33. The Labute approximate surface area is 114 Å². The fourth-order valence-corrected chi connectivity index (χ4v) is 2.41. The standard InChI is InChI=1S/C13H14F2N2O3/c1-8-3-2-4-16(7-8)13(18)10-5-9(14)6-11(12(10)15)17(19)20/h5-6,8H,2-4,7H2,1H3. The molecule has 1 unspecified atom stereocenters. The van der Waals surface area contributed by atoms with E-state index in [0.29, 0.717) is 25.2 Å². The quantitative estimate of drug-likeness (QED) is 0.619. The number of amides is 1. The van der Waals surface area contributed by atoms with E-state index >= 15 is 0 Å². The zero-order chi connectivity index (χ0) is 14.9. The Bertz CT molecular complexity index is 563. The lowest BCUT2D eigenvalue weighted by Crippen LogP contribution is -2.39. The highest BCUT2D eigenvalue weighted by molar-refractivity contribution is 5.95. The average Bonchev–Trinajstić information content (AvgIpc) is 2.40. The lowest BCUT2D eigenvalue weighted by atomic mass is 9.99. The third kappa shape index (κ3) is 2.76. The Balaban J connectivity index is 2.36. The maximum absolute atomic E-state index is 14.0. The summed E-state index contributed by atoms with van der Waals surface area (Å²) in [5.74, 6) is -2.69. The Hall–Kier alpha value is -2.05. The van der Waals surface area contributed by atoms with E-state index in [2.05, 4.69) is 0 Å².